The largest absolute Gasteiger partial charge is 0.507 e. The highest BCUT2D eigenvalue weighted by Crippen LogP contribution is 2.47. The van der Waals surface area contributed by atoms with Gasteiger partial charge in [0.1, 0.15) is 17.1 Å². The van der Waals surface area contributed by atoms with Crippen LogP contribution in [0.4, 0.5) is 0 Å². The van der Waals surface area contributed by atoms with E-state index in [1.165, 1.54) is 13.8 Å². The second-order valence-corrected chi connectivity index (χ2v) is 5.72. The molecular formula is C17H12O8. The summed E-state index contributed by atoms with van der Waals surface area (Å²) in [5, 5.41) is 49.3. The molecule has 0 spiro atoms. The van der Waals surface area contributed by atoms with Gasteiger partial charge in [-0.15, -0.1) is 0 Å². The molecule has 2 aromatic rings. The van der Waals surface area contributed by atoms with E-state index in [0.29, 0.717) is 0 Å². The van der Waals surface area contributed by atoms with Gasteiger partial charge in [-0.05, 0) is 25.5 Å². The highest BCUT2D eigenvalue weighted by atomic mass is 16.4. The van der Waals surface area contributed by atoms with E-state index in [1.807, 2.05) is 0 Å². The maximum atomic E-state index is 12.8. The van der Waals surface area contributed by atoms with Crippen molar-refractivity contribution in [2.75, 3.05) is 0 Å². The van der Waals surface area contributed by atoms with E-state index in [2.05, 4.69) is 0 Å². The van der Waals surface area contributed by atoms with Crippen LogP contribution in [0, 0.1) is 13.8 Å². The zero-order chi connectivity index (χ0) is 18.8. The molecule has 0 bridgehead atoms. The third-order valence-electron chi connectivity index (χ3n) is 4.28. The molecule has 0 saturated carbocycles. The number of benzene rings is 2. The van der Waals surface area contributed by atoms with Crippen LogP contribution in [0.1, 0.15) is 53.3 Å². The van der Waals surface area contributed by atoms with Crippen LogP contribution in [-0.2, 0) is 0 Å². The summed E-state index contributed by atoms with van der Waals surface area (Å²) in [7, 11) is 0. The van der Waals surface area contributed by atoms with Gasteiger partial charge in [-0.1, -0.05) is 0 Å². The zero-order valence-corrected chi connectivity index (χ0v) is 13.0. The summed E-state index contributed by atoms with van der Waals surface area (Å²) in [4.78, 5) is 37.1. The van der Waals surface area contributed by atoms with Crippen LogP contribution in [0.25, 0.3) is 0 Å². The van der Waals surface area contributed by atoms with Crippen LogP contribution in [-0.4, -0.2) is 43.1 Å². The molecule has 0 aromatic heterocycles. The summed E-state index contributed by atoms with van der Waals surface area (Å²) in [6.07, 6.45) is 0. The maximum absolute atomic E-state index is 12.8. The number of phenols is 4. The number of aromatic carboxylic acids is 1. The average molecular weight is 344 g/mol. The van der Waals surface area contributed by atoms with Gasteiger partial charge in [-0.25, -0.2) is 4.79 Å². The monoisotopic (exact) mass is 344 g/mol. The van der Waals surface area contributed by atoms with Gasteiger partial charge in [0, 0.05) is 11.1 Å². The lowest BCUT2D eigenvalue weighted by Crippen LogP contribution is -2.25. The Hall–Kier alpha value is -3.55. The van der Waals surface area contributed by atoms with E-state index in [1.54, 1.807) is 0 Å². The van der Waals surface area contributed by atoms with Crippen molar-refractivity contribution in [2.24, 2.45) is 0 Å². The number of carboxylic acids is 1. The minimum Gasteiger partial charge on any atom is -0.507 e. The van der Waals surface area contributed by atoms with Crippen molar-refractivity contribution < 1.29 is 39.9 Å². The summed E-state index contributed by atoms with van der Waals surface area (Å²) in [6.45, 7) is 2.63. The molecule has 0 heterocycles. The molecule has 0 radical (unpaired) electrons. The van der Waals surface area contributed by atoms with Crippen molar-refractivity contribution in [2.45, 2.75) is 13.8 Å². The number of phenolic OH excluding ortho intramolecular Hbond substituents is 3. The Morgan fingerprint density at radius 3 is 1.88 bits per heavy atom. The highest BCUT2D eigenvalue weighted by Gasteiger charge is 2.41. The second-order valence-electron chi connectivity index (χ2n) is 5.72. The van der Waals surface area contributed by atoms with Crippen molar-refractivity contribution in [3.05, 3.63) is 45.0 Å². The normalized spacial score (nSPS) is 12.7. The number of aryl methyl sites for hydroxylation is 1. The fraction of sp³-hybridized carbons (Fsp3) is 0.118. The summed E-state index contributed by atoms with van der Waals surface area (Å²) in [5.74, 6) is -6.75. The highest BCUT2D eigenvalue weighted by molar-refractivity contribution is 6.33. The molecule has 0 saturated heterocycles. The lowest BCUT2D eigenvalue weighted by atomic mass is 9.78. The molecular weight excluding hydrogens is 332 g/mol. The van der Waals surface area contributed by atoms with Crippen LogP contribution in [0.5, 0.6) is 23.0 Å². The van der Waals surface area contributed by atoms with Gasteiger partial charge in [-0.3, -0.25) is 9.59 Å². The number of fused-ring (bicyclic) bond motifs is 2. The molecule has 8 nitrogen and oxygen atoms in total. The molecule has 1 aliphatic carbocycles. The van der Waals surface area contributed by atoms with Crippen LogP contribution < -0.4 is 0 Å². The van der Waals surface area contributed by atoms with Crippen molar-refractivity contribution in [1.29, 1.82) is 0 Å². The van der Waals surface area contributed by atoms with E-state index in [4.69, 9.17) is 0 Å². The van der Waals surface area contributed by atoms with Gasteiger partial charge in [0.05, 0.1) is 16.7 Å². The minimum atomic E-state index is -1.64. The van der Waals surface area contributed by atoms with Gasteiger partial charge in [0.15, 0.2) is 23.1 Å². The van der Waals surface area contributed by atoms with E-state index < -0.39 is 62.8 Å². The number of rotatable bonds is 1. The Morgan fingerprint density at radius 1 is 0.800 bits per heavy atom. The molecule has 0 unspecified atom stereocenters. The number of carboxylic acid groups (broad SMARTS) is 1. The summed E-state index contributed by atoms with van der Waals surface area (Å²) in [6, 6.07) is 1.03. The summed E-state index contributed by atoms with van der Waals surface area (Å²) < 4.78 is 0. The van der Waals surface area contributed by atoms with Gasteiger partial charge in [0.25, 0.3) is 0 Å². The quantitative estimate of drug-likeness (QED) is 0.330. The molecule has 2 aromatic carbocycles. The lowest BCUT2D eigenvalue weighted by molar-refractivity contribution is 0.0689. The summed E-state index contributed by atoms with van der Waals surface area (Å²) in [5.41, 5.74) is -2.96. The molecule has 8 heteroatoms. The van der Waals surface area contributed by atoms with Gasteiger partial charge >= 0.3 is 5.97 Å². The Kier molecular flexibility index (Phi) is 3.24. The fourth-order valence-electron chi connectivity index (χ4n) is 3.06. The molecule has 1 aliphatic rings. The first-order valence-corrected chi connectivity index (χ1v) is 7.06. The second kappa shape index (κ2) is 4.97. The number of aromatic hydroxyl groups is 4. The SMILES string of the molecule is Cc1cc(O)c(C(=O)O)c2c1C(=O)c1c(O)c(C)c(O)c(O)c1C2=O. The van der Waals surface area contributed by atoms with Crippen LogP contribution in [0.15, 0.2) is 6.07 Å². The average Bonchev–Trinajstić information content (AvgIpc) is 2.52. The number of carbonyl (C=O) groups excluding carboxylic acids is 2. The Labute approximate surface area is 140 Å². The third-order valence-corrected chi connectivity index (χ3v) is 4.28. The fourth-order valence-corrected chi connectivity index (χ4v) is 3.06. The van der Waals surface area contributed by atoms with Crippen molar-refractivity contribution in [1.82, 2.24) is 0 Å². The Bertz CT molecular complexity index is 1020. The number of carbonyl (C=O) groups is 3. The third kappa shape index (κ3) is 1.90. The minimum absolute atomic E-state index is 0.131. The molecule has 0 aliphatic heterocycles. The molecule has 0 atom stereocenters. The molecule has 25 heavy (non-hydrogen) atoms. The topological polar surface area (TPSA) is 152 Å². The number of hydrogen-bond acceptors (Lipinski definition) is 7. The van der Waals surface area contributed by atoms with Crippen LogP contribution in [0.2, 0.25) is 0 Å². The molecule has 0 fully saturated rings. The molecule has 5 N–H and O–H groups in total. The summed E-state index contributed by atoms with van der Waals surface area (Å²) >= 11 is 0. The standard InChI is InChI=1S/C17H12O8/c1-4-3-6(18)8(17(24)25)9-7(4)14(21)10-11(15(9)22)16(23)13(20)5(2)12(10)19/h3,18-20,23H,1-2H3,(H,24,25). The molecule has 0 amide bonds. The Balaban J connectivity index is 2.54. The van der Waals surface area contributed by atoms with Crippen molar-refractivity contribution >= 4 is 17.5 Å². The smallest absolute Gasteiger partial charge is 0.340 e. The first-order valence-electron chi connectivity index (χ1n) is 7.06. The predicted molar refractivity (Wildman–Crippen MR) is 82.8 cm³/mol. The molecule has 3 rings (SSSR count). The molecule has 128 valence electrons. The van der Waals surface area contributed by atoms with E-state index >= 15 is 0 Å². The number of ketones is 2. The Morgan fingerprint density at radius 2 is 1.32 bits per heavy atom. The first-order chi connectivity index (χ1) is 11.6. The van der Waals surface area contributed by atoms with Gasteiger partial charge in [0.2, 0.25) is 0 Å². The van der Waals surface area contributed by atoms with Gasteiger partial charge in [-0.2, -0.15) is 0 Å². The first kappa shape index (κ1) is 16.3. The van der Waals surface area contributed by atoms with E-state index in [9.17, 15) is 39.9 Å². The van der Waals surface area contributed by atoms with E-state index in [-0.39, 0.29) is 16.7 Å². The van der Waals surface area contributed by atoms with Crippen molar-refractivity contribution in [3.8, 4) is 23.0 Å². The van der Waals surface area contributed by atoms with Crippen LogP contribution >= 0.6 is 0 Å². The zero-order valence-electron chi connectivity index (χ0n) is 13.0. The lowest BCUT2D eigenvalue weighted by Gasteiger charge is -2.24. The van der Waals surface area contributed by atoms with E-state index in [0.717, 1.165) is 6.07 Å². The maximum Gasteiger partial charge on any atom is 0.340 e. The number of hydrogen-bond donors (Lipinski definition) is 5. The van der Waals surface area contributed by atoms with Crippen LogP contribution in [0.3, 0.4) is 0 Å². The van der Waals surface area contributed by atoms with Crippen molar-refractivity contribution in [3.63, 3.8) is 0 Å². The predicted octanol–water partition coefficient (Wildman–Crippen LogP) is 1.60. The van der Waals surface area contributed by atoms with Gasteiger partial charge < -0.3 is 25.5 Å².